The standard InChI is InChI=1S/C7H5F4NO3S/c8-5-2-1-4(15-7(9,10)11)3-6(5)12-16(13)14/h1-3,12H,(H,13,14)/p-1. The van der Waals surface area contributed by atoms with Gasteiger partial charge in [0.15, 0.2) is 0 Å². The molecule has 0 bridgehead atoms. The van der Waals surface area contributed by atoms with Crippen molar-refractivity contribution < 1.29 is 31.1 Å². The summed E-state index contributed by atoms with van der Waals surface area (Å²) in [5.74, 6) is -1.74. The summed E-state index contributed by atoms with van der Waals surface area (Å²) < 4.78 is 73.6. The molecule has 1 unspecified atom stereocenters. The largest absolute Gasteiger partial charge is 0.755 e. The normalized spacial score (nSPS) is 13.3. The number of anilines is 1. The van der Waals surface area contributed by atoms with Crippen LogP contribution in [-0.2, 0) is 11.3 Å². The van der Waals surface area contributed by atoms with E-state index in [0.29, 0.717) is 12.1 Å². The third kappa shape index (κ3) is 4.03. The number of nitrogens with one attached hydrogen (secondary N) is 1. The van der Waals surface area contributed by atoms with E-state index in [9.17, 15) is 26.3 Å². The second-order valence-corrected chi connectivity index (χ2v) is 3.20. The zero-order chi connectivity index (χ0) is 12.3. The van der Waals surface area contributed by atoms with E-state index in [1.165, 1.54) is 0 Å². The smallest absolute Gasteiger partial charge is 0.573 e. The predicted octanol–water partition coefficient (Wildman–Crippen LogP) is 1.93. The molecule has 0 radical (unpaired) electrons. The average molecular weight is 258 g/mol. The quantitative estimate of drug-likeness (QED) is 0.665. The Bertz CT molecular complexity index is 409. The summed E-state index contributed by atoms with van der Waals surface area (Å²) in [5, 5.41) is 0. The highest BCUT2D eigenvalue weighted by Gasteiger charge is 2.31. The monoisotopic (exact) mass is 258 g/mol. The van der Waals surface area contributed by atoms with Gasteiger partial charge in [-0.05, 0) is 12.1 Å². The molecule has 16 heavy (non-hydrogen) atoms. The van der Waals surface area contributed by atoms with Gasteiger partial charge in [0.1, 0.15) is 11.6 Å². The van der Waals surface area contributed by atoms with Crippen LogP contribution in [0.5, 0.6) is 5.75 Å². The third-order valence-electron chi connectivity index (χ3n) is 1.36. The van der Waals surface area contributed by atoms with E-state index >= 15 is 0 Å². The Morgan fingerprint density at radius 1 is 1.38 bits per heavy atom. The first-order valence-corrected chi connectivity index (χ1v) is 4.76. The highest BCUT2D eigenvalue weighted by Crippen LogP contribution is 2.26. The number of ether oxygens (including phenoxy) is 1. The number of hydrogen-bond donors (Lipinski definition) is 1. The molecule has 0 saturated carbocycles. The van der Waals surface area contributed by atoms with Crippen molar-refractivity contribution >= 4 is 17.0 Å². The van der Waals surface area contributed by atoms with Crippen LogP contribution in [0, 0.1) is 5.82 Å². The minimum Gasteiger partial charge on any atom is -0.755 e. The highest BCUT2D eigenvalue weighted by molar-refractivity contribution is 7.80. The van der Waals surface area contributed by atoms with Crippen LogP contribution >= 0.6 is 0 Å². The average Bonchev–Trinajstić information content (AvgIpc) is 2.07. The zero-order valence-corrected chi connectivity index (χ0v) is 8.19. The lowest BCUT2D eigenvalue weighted by atomic mass is 10.3. The fourth-order valence-electron chi connectivity index (χ4n) is 0.869. The van der Waals surface area contributed by atoms with Gasteiger partial charge >= 0.3 is 6.36 Å². The van der Waals surface area contributed by atoms with Crippen molar-refractivity contribution in [3.63, 3.8) is 0 Å². The number of halogens is 4. The molecule has 0 aliphatic rings. The summed E-state index contributed by atoms with van der Waals surface area (Å²) in [7, 11) is 0. The molecule has 1 N–H and O–H groups in total. The van der Waals surface area contributed by atoms with Crippen molar-refractivity contribution in [1.29, 1.82) is 0 Å². The summed E-state index contributed by atoms with van der Waals surface area (Å²) in [6, 6.07) is 1.95. The van der Waals surface area contributed by atoms with Crippen molar-refractivity contribution in [3.8, 4) is 5.75 Å². The lowest BCUT2D eigenvalue weighted by molar-refractivity contribution is -0.274. The number of hydrogen-bond acceptors (Lipinski definition) is 3. The maximum atomic E-state index is 12.9. The summed E-state index contributed by atoms with van der Waals surface area (Å²) in [4.78, 5) is 0. The van der Waals surface area contributed by atoms with Crippen molar-refractivity contribution in [2.24, 2.45) is 0 Å². The maximum Gasteiger partial charge on any atom is 0.573 e. The molecule has 1 atom stereocenters. The van der Waals surface area contributed by atoms with Crippen LogP contribution in [0.15, 0.2) is 18.2 Å². The number of alkyl halides is 3. The molecule has 0 spiro atoms. The highest BCUT2D eigenvalue weighted by atomic mass is 32.2. The van der Waals surface area contributed by atoms with Gasteiger partial charge < -0.3 is 14.0 Å². The molecule has 90 valence electrons. The maximum absolute atomic E-state index is 12.9. The second-order valence-electron chi connectivity index (χ2n) is 2.53. The fraction of sp³-hybridized carbons (Fsp3) is 0.143. The Balaban J connectivity index is 2.93. The van der Waals surface area contributed by atoms with Gasteiger partial charge in [0, 0.05) is 17.3 Å². The lowest BCUT2D eigenvalue weighted by Gasteiger charge is -2.12. The van der Waals surface area contributed by atoms with E-state index in [2.05, 4.69) is 4.74 Å². The molecule has 4 nitrogen and oxygen atoms in total. The lowest BCUT2D eigenvalue weighted by Crippen LogP contribution is -2.17. The van der Waals surface area contributed by atoms with Crippen molar-refractivity contribution in [3.05, 3.63) is 24.0 Å². The van der Waals surface area contributed by atoms with Gasteiger partial charge in [-0.1, -0.05) is 0 Å². The molecule has 1 aromatic rings. The van der Waals surface area contributed by atoms with Crippen LogP contribution in [0.1, 0.15) is 0 Å². The Hall–Kier alpha value is -1.35. The minimum atomic E-state index is -4.92. The van der Waals surface area contributed by atoms with Gasteiger partial charge in [-0.3, -0.25) is 4.21 Å². The molecule has 0 amide bonds. The Kier molecular flexibility index (Phi) is 3.70. The molecule has 0 heterocycles. The van der Waals surface area contributed by atoms with Crippen molar-refractivity contribution in [1.82, 2.24) is 0 Å². The van der Waals surface area contributed by atoms with E-state index in [-0.39, 0.29) is 0 Å². The SMILES string of the molecule is O=S([O-])Nc1cc(OC(F)(F)F)ccc1F. The zero-order valence-electron chi connectivity index (χ0n) is 7.38. The van der Waals surface area contributed by atoms with E-state index in [4.69, 9.17) is 0 Å². The summed E-state index contributed by atoms with van der Waals surface area (Å²) in [6.45, 7) is 0. The van der Waals surface area contributed by atoms with Crippen LogP contribution in [0.2, 0.25) is 0 Å². The van der Waals surface area contributed by atoms with E-state index < -0.39 is 34.9 Å². The van der Waals surface area contributed by atoms with Gasteiger partial charge in [-0.2, -0.15) is 0 Å². The molecular weight excluding hydrogens is 254 g/mol. The molecular formula is C7H4F4NO3S-. The Morgan fingerprint density at radius 2 is 2.00 bits per heavy atom. The summed E-state index contributed by atoms with van der Waals surface area (Å²) in [6.07, 6.45) is -4.92. The molecule has 1 aromatic carbocycles. The number of benzene rings is 1. The number of rotatable bonds is 3. The van der Waals surface area contributed by atoms with E-state index in [0.717, 1.165) is 6.07 Å². The van der Waals surface area contributed by atoms with Crippen molar-refractivity contribution in [2.45, 2.75) is 6.36 Å². The first kappa shape index (κ1) is 12.7. The molecule has 1 rings (SSSR count). The van der Waals surface area contributed by atoms with Gasteiger partial charge in [0.25, 0.3) is 0 Å². The van der Waals surface area contributed by atoms with Gasteiger partial charge in [0.2, 0.25) is 0 Å². The fourth-order valence-corrected chi connectivity index (χ4v) is 1.21. The molecule has 0 fully saturated rings. The molecule has 9 heteroatoms. The Labute approximate surface area is 89.6 Å². The van der Waals surface area contributed by atoms with Gasteiger partial charge in [-0.25, -0.2) is 4.39 Å². The molecule has 0 aliphatic heterocycles. The Morgan fingerprint density at radius 3 is 2.50 bits per heavy atom. The minimum absolute atomic E-state index is 0.582. The van der Waals surface area contributed by atoms with Crippen LogP contribution in [0.25, 0.3) is 0 Å². The molecule has 0 aliphatic carbocycles. The van der Waals surface area contributed by atoms with Crippen LogP contribution < -0.4 is 9.46 Å². The summed E-state index contributed by atoms with van der Waals surface area (Å²) >= 11 is -2.84. The van der Waals surface area contributed by atoms with Crippen LogP contribution in [0.4, 0.5) is 23.2 Å². The summed E-state index contributed by atoms with van der Waals surface area (Å²) in [5.41, 5.74) is -0.630. The van der Waals surface area contributed by atoms with E-state index in [1.807, 2.05) is 0 Å². The predicted molar refractivity (Wildman–Crippen MR) is 45.6 cm³/mol. The first-order valence-electron chi connectivity index (χ1n) is 3.69. The van der Waals surface area contributed by atoms with Gasteiger partial charge in [0.05, 0.1) is 5.69 Å². The van der Waals surface area contributed by atoms with Crippen LogP contribution in [-0.4, -0.2) is 15.1 Å². The topological polar surface area (TPSA) is 61.4 Å². The molecule has 0 aromatic heterocycles. The first-order chi connectivity index (χ1) is 7.28. The second kappa shape index (κ2) is 4.66. The molecule has 0 saturated heterocycles. The van der Waals surface area contributed by atoms with E-state index in [1.54, 1.807) is 4.72 Å². The van der Waals surface area contributed by atoms with Crippen molar-refractivity contribution in [2.75, 3.05) is 4.72 Å². The van der Waals surface area contributed by atoms with Crippen LogP contribution in [0.3, 0.4) is 0 Å². The van der Waals surface area contributed by atoms with Gasteiger partial charge in [-0.15, -0.1) is 13.2 Å². The third-order valence-corrected chi connectivity index (χ3v) is 1.75.